The van der Waals surface area contributed by atoms with Gasteiger partial charge in [-0.15, -0.1) is 0 Å². The zero-order valence-electron chi connectivity index (χ0n) is 33.9. The molecular formula is C44H49ClN12O2. The Labute approximate surface area is 350 Å². The summed E-state index contributed by atoms with van der Waals surface area (Å²) in [4.78, 5) is 48.1. The molecule has 59 heavy (non-hydrogen) atoms. The second-order valence-corrected chi connectivity index (χ2v) is 16.7. The van der Waals surface area contributed by atoms with E-state index < -0.39 is 0 Å². The van der Waals surface area contributed by atoms with Gasteiger partial charge in [0.15, 0.2) is 12.4 Å². The number of hydrogen-bond acceptors (Lipinski definition) is 12. The number of benzene rings is 2. The largest absolute Gasteiger partial charge is 0.384 e. The minimum absolute atomic E-state index is 0.0138. The second-order valence-electron chi connectivity index (χ2n) is 16.4. The van der Waals surface area contributed by atoms with E-state index in [4.69, 9.17) is 11.6 Å². The van der Waals surface area contributed by atoms with Crippen molar-refractivity contribution in [3.63, 3.8) is 0 Å². The first-order chi connectivity index (χ1) is 28.5. The number of aromatic nitrogens is 4. The van der Waals surface area contributed by atoms with Gasteiger partial charge in [0.1, 0.15) is 0 Å². The van der Waals surface area contributed by atoms with Crippen molar-refractivity contribution in [2.75, 3.05) is 23.3 Å². The van der Waals surface area contributed by atoms with E-state index in [1.54, 1.807) is 0 Å². The van der Waals surface area contributed by atoms with Gasteiger partial charge in [0.05, 0.1) is 24.2 Å². The lowest BCUT2D eigenvalue weighted by Gasteiger charge is -2.22. The zero-order chi connectivity index (χ0) is 41.4. The number of amides is 2. The number of nitrogens with zero attached hydrogens (tertiary/aromatic N) is 9. The second kappa shape index (κ2) is 16.7. The molecule has 6 atom stereocenters. The average Bonchev–Trinajstić information content (AvgIpc) is 4.07. The molecule has 4 aromatic rings. The van der Waals surface area contributed by atoms with Crippen LogP contribution in [0.2, 0.25) is 5.28 Å². The summed E-state index contributed by atoms with van der Waals surface area (Å²) in [6, 6.07) is 16.7. The van der Waals surface area contributed by atoms with Crippen molar-refractivity contribution in [2.24, 2.45) is 0 Å². The number of carbonyl (C=O) groups is 2. The molecule has 2 aromatic carbocycles. The molecule has 15 heteroatoms. The van der Waals surface area contributed by atoms with E-state index in [2.05, 4.69) is 53.2 Å². The third-order valence-corrected chi connectivity index (χ3v) is 12.6. The van der Waals surface area contributed by atoms with Gasteiger partial charge in [0, 0.05) is 70.5 Å². The van der Waals surface area contributed by atoms with Crippen LogP contribution in [0.3, 0.4) is 0 Å². The van der Waals surface area contributed by atoms with Crippen molar-refractivity contribution in [1.82, 2.24) is 40.4 Å². The highest BCUT2D eigenvalue weighted by Gasteiger charge is 2.47. The number of halogens is 1. The first-order valence-corrected chi connectivity index (χ1v) is 20.9. The number of carbonyl (C=O) groups excluding carboxylic acids is 2. The molecule has 2 amide bonds. The van der Waals surface area contributed by atoms with Gasteiger partial charge >= 0.3 is 0 Å². The summed E-state index contributed by atoms with van der Waals surface area (Å²) in [7, 11) is 0. The van der Waals surface area contributed by atoms with Crippen LogP contribution in [0.5, 0.6) is 0 Å². The van der Waals surface area contributed by atoms with Crippen molar-refractivity contribution in [2.45, 2.75) is 115 Å². The number of anilines is 3. The van der Waals surface area contributed by atoms with Crippen LogP contribution in [0.4, 0.5) is 17.3 Å². The summed E-state index contributed by atoms with van der Waals surface area (Å²) in [5.74, 6) is 0.654. The number of nitrogens with one attached hydrogen (secondary N) is 3. The van der Waals surface area contributed by atoms with Crippen molar-refractivity contribution in [3.8, 4) is 12.4 Å². The van der Waals surface area contributed by atoms with Gasteiger partial charge < -0.3 is 30.7 Å². The Balaban J connectivity index is 0.000000140. The van der Waals surface area contributed by atoms with Crippen molar-refractivity contribution >= 4 is 40.7 Å². The summed E-state index contributed by atoms with van der Waals surface area (Å²) >= 11 is 5.53. The third-order valence-electron chi connectivity index (χ3n) is 12.4. The Morgan fingerprint density at radius 3 is 1.76 bits per heavy atom. The van der Waals surface area contributed by atoms with Crippen LogP contribution in [-0.2, 0) is 12.8 Å². The summed E-state index contributed by atoms with van der Waals surface area (Å²) in [6.07, 6.45) is 12.3. The fourth-order valence-corrected chi connectivity index (χ4v) is 10.1. The van der Waals surface area contributed by atoms with Crippen LogP contribution >= 0.6 is 11.6 Å². The molecule has 0 aliphatic carbocycles. The lowest BCUT2D eigenvalue weighted by atomic mass is 9.95. The zero-order valence-corrected chi connectivity index (χ0v) is 34.6. The lowest BCUT2D eigenvalue weighted by molar-refractivity contribution is 0.0920. The maximum Gasteiger partial charge on any atom is 0.251 e. The molecule has 6 aliphatic heterocycles. The third kappa shape index (κ3) is 8.32. The highest BCUT2D eigenvalue weighted by Crippen LogP contribution is 2.39. The quantitative estimate of drug-likeness (QED) is 0.163. The topological polar surface area (TPSA) is 179 Å². The Hall–Kier alpha value is -5.99. The monoisotopic (exact) mass is 812 g/mol. The molecular weight excluding hydrogens is 764 g/mol. The van der Waals surface area contributed by atoms with Crippen molar-refractivity contribution < 1.29 is 9.59 Å². The summed E-state index contributed by atoms with van der Waals surface area (Å²) in [6.45, 7) is 9.50. The average molecular weight is 813 g/mol. The molecule has 4 bridgehead atoms. The summed E-state index contributed by atoms with van der Waals surface area (Å²) < 4.78 is 0. The fourth-order valence-electron chi connectivity index (χ4n) is 9.81. The SMILES string of the molecule is Cc1cc(C)nc(Cl)n1.Cc1cc(C)nc(N2CCc3cc(C(=O)N[C@H]4C[C@H]5CC[C@@H]4N5C#N)ccc32)n1.N#CN1[C@@H]2CC[C@H]1[C@@H](NC(=O)c1ccc3c(c1)CCN3)C2. The van der Waals surface area contributed by atoms with Crippen LogP contribution in [0.15, 0.2) is 48.5 Å². The molecule has 0 radical (unpaired) electrons. The van der Waals surface area contributed by atoms with E-state index in [0.29, 0.717) is 22.9 Å². The van der Waals surface area contributed by atoms with E-state index >= 15 is 0 Å². The minimum atomic E-state index is -0.0515. The smallest absolute Gasteiger partial charge is 0.251 e. The Morgan fingerprint density at radius 2 is 1.24 bits per heavy atom. The molecule has 14 nitrogen and oxygen atoms in total. The lowest BCUT2D eigenvalue weighted by Crippen LogP contribution is -2.43. The van der Waals surface area contributed by atoms with Crippen molar-refractivity contribution in [1.29, 1.82) is 10.5 Å². The Morgan fingerprint density at radius 1 is 0.712 bits per heavy atom. The van der Waals surface area contributed by atoms with Gasteiger partial charge in [0.2, 0.25) is 11.2 Å². The van der Waals surface area contributed by atoms with Crippen LogP contribution in [0, 0.1) is 50.6 Å². The number of nitriles is 2. The number of hydrogen-bond donors (Lipinski definition) is 3. The van der Waals surface area contributed by atoms with Crippen LogP contribution < -0.4 is 20.9 Å². The van der Waals surface area contributed by atoms with Gasteiger partial charge in [-0.25, -0.2) is 19.9 Å². The highest BCUT2D eigenvalue weighted by molar-refractivity contribution is 6.28. The molecule has 4 saturated heterocycles. The van der Waals surface area contributed by atoms with Gasteiger partial charge in [-0.2, -0.15) is 10.5 Å². The molecule has 0 spiro atoms. The first-order valence-electron chi connectivity index (χ1n) is 20.5. The number of aryl methyl sites for hydroxylation is 4. The maximum absolute atomic E-state index is 12.9. The fraction of sp³-hybridized carbons (Fsp3) is 0.455. The first kappa shape index (κ1) is 39.8. The number of fused-ring (bicyclic) bond motifs is 6. The molecule has 0 unspecified atom stereocenters. The van der Waals surface area contributed by atoms with E-state index in [9.17, 15) is 20.1 Å². The van der Waals surface area contributed by atoms with Gasteiger partial charge in [-0.1, -0.05) is 0 Å². The maximum atomic E-state index is 12.9. The summed E-state index contributed by atoms with van der Waals surface area (Å²) in [5, 5.41) is 28.4. The van der Waals surface area contributed by atoms with E-state index in [-0.39, 0.29) is 36.0 Å². The van der Waals surface area contributed by atoms with E-state index in [0.717, 1.165) is 116 Å². The molecule has 0 saturated carbocycles. The van der Waals surface area contributed by atoms with Crippen LogP contribution in [-0.4, -0.2) is 90.9 Å². The Kier molecular flexibility index (Phi) is 11.3. The molecule has 8 heterocycles. The standard InChI is InChI=1S/C22H24N6O.C16H18N4O.C6H7ClN2/c1-13-9-14(2)25-22(24-13)27-8-7-15-10-16(3-5-19(15)27)21(29)26-18-11-17-4-6-20(18)28(17)12-23;17-9-20-12-2-4-15(20)14(8-12)19-16(21)11-1-3-13-10(7-11)5-6-18-13;1-4-3-5(2)9-6(7)8-4/h3,5,9-10,17-18,20H,4,6-8,11H2,1-2H3,(H,26,29);1,3,7,12,14-15,18H,2,4-6,8H2,(H,19,21);3H,1-2H3/t17-,18+,20+;12-,14+,15+;/m11./s1. The van der Waals surface area contributed by atoms with E-state index in [1.807, 2.05) is 86.0 Å². The van der Waals surface area contributed by atoms with Crippen LogP contribution in [0.1, 0.15) is 93.1 Å². The predicted molar refractivity (Wildman–Crippen MR) is 224 cm³/mol. The van der Waals surface area contributed by atoms with Crippen molar-refractivity contribution in [3.05, 3.63) is 98.8 Å². The van der Waals surface area contributed by atoms with Gasteiger partial charge in [-0.05, 0) is 150 Å². The normalized spacial score (nSPS) is 23.8. The van der Waals surface area contributed by atoms with E-state index in [1.165, 1.54) is 5.56 Å². The van der Waals surface area contributed by atoms with Gasteiger partial charge in [0.25, 0.3) is 11.8 Å². The summed E-state index contributed by atoms with van der Waals surface area (Å²) in [5.41, 5.74) is 9.70. The molecule has 6 aliphatic rings. The Bertz CT molecular complexity index is 2290. The molecule has 10 rings (SSSR count). The number of rotatable bonds is 5. The molecule has 304 valence electrons. The highest BCUT2D eigenvalue weighted by atomic mass is 35.5. The van der Waals surface area contributed by atoms with Gasteiger partial charge in [-0.3, -0.25) is 9.59 Å². The molecule has 3 N–H and O–H groups in total. The van der Waals surface area contributed by atoms with Crippen LogP contribution in [0.25, 0.3) is 0 Å². The molecule has 2 aromatic heterocycles. The minimum Gasteiger partial charge on any atom is -0.384 e. The predicted octanol–water partition coefficient (Wildman–Crippen LogP) is 5.82. The molecule has 4 fully saturated rings.